The van der Waals surface area contributed by atoms with Crippen molar-refractivity contribution in [3.05, 3.63) is 70.1 Å². The molecule has 1 atom stereocenters. The number of fused-ring (bicyclic) bond motifs is 2. The Morgan fingerprint density at radius 3 is 2.63 bits per heavy atom. The standard InChI is InChI=1S/C24H25N3O3/c1-16-17-8-2-3-9-18(17)23(29)27(26-16)15-22(28)25-20-14-24(12-6-7-13-24)30-21-11-5-4-10-19(20)21/h2-5,8-11,20H,6-7,12-15H2,1H3,(H,25,28)/t20-/m0/s1. The van der Waals surface area contributed by atoms with Gasteiger partial charge in [-0.25, -0.2) is 4.68 Å². The number of nitrogens with zero attached hydrogens (tertiary/aromatic N) is 2. The molecule has 0 unspecified atom stereocenters. The van der Waals surface area contributed by atoms with Crippen LogP contribution in [0.1, 0.15) is 49.4 Å². The van der Waals surface area contributed by atoms with Gasteiger partial charge in [0.1, 0.15) is 17.9 Å². The van der Waals surface area contributed by atoms with Gasteiger partial charge in [-0.1, -0.05) is 36.4 Å². The Morgan fingerprint density at radius 2 is 1.83 bits per heavy atom. The van der Waals surface area contributed by atoms with E-state index < -0.39 is 0 Å². The number of hydrogen-bond acceptors (Lipinski definition) is 4. The molecule has 0 saturated heterocycles. The average Bonchev–Trinajstić information content (AvgIpc) is 3.19. The van der Waals surface area contributed by atoms with Crippen LogP contribution < -0.4 is 15.6 Å². The molecule has 3 aromatic rings. The van der Waals surface area contributed by atoms with Crippen molar-refractivity contribution in [1.82, 2.24) is 15.1 Å². The van der Waals surface area contributed by atoms with Gasteiger partial charge in [0.05, 0.1) is 17.1 Å². The summed E-state index contributed by atoms with van der Waals surface area (Å²) in [5.41, 5.74) is 1.30. The topological polar surface area (TPSA) is 73.2 Å². The number of nitrogens with one attached hydrogen (secondary N) is 1. The van der Waals surface area contributed by atoms with Gasteiger partial charge in [0.25, 0.3) is 5.56 Å². The van der Waals surface area contributed by atoms with Crippen LogP contribution in [0.25, 0.3) is 10.8 Å². The second-order valence-electron chi connectivity index (χ2n) is 8.45. The molecule has 0 bridgehead atoms. The maximum atomic E-state index is 12.9. The number of ether oxygens (including phenoxy) is 1. The van der Waals surface area contributed by atoms with E-state index >= 15 is 0 Å². The number of carbonyl (C=O) groups excluding carboxylic acids is 1. The van der Waals surface area contributed by atoms with E-state index in [1.165, 1.54) is 4.68 Å². The molecular weight excluding hydrogens is 378 g/mol. The number of aromatic nitrogens is 2. The number of para-hydroxylation sites is 1. The van der Waals surface area contributed by atoms with E-state index in [1.54, 1.807) is 6.07 Å². The Kier molecular flexibility index (Phi) is 4.57. The molecule has 1 aromatic heterocycles. The first-order chi connectivity index (χ1) is 14.5. The Balaban J connectivity index is 1.41. The summed E-state index contributed by atoms with van der Waals surface area (Å²) in [6, 6.07) is 15.2. The predicted octanol–water partition coefficient (Wildman–Crippen LogP) is 3.66. The highest BCUT2D eigenvalue weighted by molar-refractivity contribution is 5.83. The fourth-order valence-electron chi connectivity index (χ4n) is 4.96. The van der Waals surface area contributed by atoms with Gasteiger partial charge in [0.15, 0.2) is 0 Å². The molecule has 1 aliphatic heterocycles. The lowest BCUT2D eigenvalue weighted by atomic mass is 9.86. The summed E-state index contributed by atoms with van der Waals surface area (Å²) in [5.74, 6) is 0.641. The summed E-state index contributed by atoms with van der Waals surface area (Å²) in [5, 5.41) is 8.92. The van der Waals surface area contributed by atoms with E-state index in [2.05, 4.69) is 10.4 Å². The van der Waals surface area contributed by atoms with Crippen LogP contribution in [0, 0.1) is 6.92 Å². The van der Waals surface area contributed by atoms with Gasteiger partial charge in [0.2, 0.25) is 5.91 Å². The molecule has 154 valence electrons. The third kappa shape index (κ3) is 3.26. The van der Waals surface area contributed by atoms with Crippen LogP contribution in [0.5, 0.6) is 5.75 Å². The van der Waals surface area contributed by atoms with E-state index in [9.17, 15) is 9.59 Å². The van der Waals surface area contributed by atoms with Crippen LogP contribution in [0.3, 0.4) is 0 Å². The van der Waals surface area contributed by atoms with Crippen molar-refractivity contribution < 1.29 is 9.53 Å². The lowest BCUT2D eigenvalue weighted by Gasteiger charge is -2.40. The van der Waals surface area contributed by atoms with Crippen molar-refractivity contribution in [2.24, 2.45) is 0 Å². The van der Waals surface area contributed by atoms with Gasteiger partial charge >= 0.3 is 0 Å². The van der Waals surface area contributed by atoms with Crippen molar-refractivity contribution >= 4 is 16.7 Å². The zero-order valence-electron chi connectivity index (χ0n) is 17.1. The molecule has 5 rings (SSSR count). The zero-order valence-corrected chi connectivity index (χ0v) is 17.1. The number of amides is 1. The normalized spacial score (nSPS) is 19.4. The van der Waals surface area contributed by atoms with Gasteiger partial charge in [-0.3, -0.25) is 9.59 Å². The largest absolute Gasteiger partial charge is 0.487 e. The molecule has 2 aliphatic rings. The Morgan fingerprint density at radius 1 is 1.13 bits per heavy atom. The molecule has 2 aromatic carbocycles. The highest BCUT2D eigenvalue weighted by atomic mass is 16.5. The SMILES string of the molecule is Cc1nn(CC(=O)N[C@H]2CC3(CCCC3)Oc3ccccc32)c(=O)c2ccccc12. The first kappa shape index (κ1) is 18.9. The van der Waals surface area contributed by atoms with Crippen molar-refractivity contribution in [3.63, 3.8) is 0 Å². The van der Waals surface area contributed by atoms with Gasteiger partial charge < -0.3 is 10.1 Å². The summed E-state index contributed by atoms with van der Waals surface area (Å²) in [4.78, 5) is 25.8. The fraction of sp³-hybridized carbons (Fsp3) is 0.375. The van der Waals surface area contributed by atoms with E-state index in [-0.39, 0.29) is 29.7 Å². The van der Waals surface area contributed by atoms with Crippen LogP contribution in [0.15, 0.2) is 53.3 Å². The van der Waals surface area contributed by atoms with Crippen molar-refractivity contribution in [2.45, 2.75) is 57.2 Å². The van der Waals surface area contributed by atoms with Crippen molar-refractivity contribution in [2.75, 3.05) is 0 Å². The highest BCUT2D eigenvalue weighted by Crippen LogP contribution is 2.46. The molecule has 6 nitrogen and oxygen atoms in total. The number of benzene rings is 2. The van der Waals surface area contributed by atoms with Crippen molar-refractivity contribution in [3.8, 4) is 5.75 Å². The summed E-state index contributed by atoms with van der Waals surface area (Å²) < 4.78 is 7.64. The van der Waals surface area contributed by atoms with Crippen LogP contribution >= 0.6 is 0 Å². The minimum absolute atomic E-state index is 0.100. The third-order valence-corrected chi connectivity index (χ3v) is 6.39. The highest BCUT2D eigenvalue weighted by Gasteiger charge is 2.43. The van der Waals surface area contributed by atoms with E-state index in [0.29, 0.717) is 5.39 Å². The fourth-order valence-corrected chi connectivity index (χ4v) is 4.96. The van der Waals surface area contributed by atoms with Crippen LogP contribution in [-0.2, 0) is 11.3 Å². The zero-order chi connectivity index (χ0) is 20.7. The summed E-state index contributed by atoms with van der Waals surface area (Å²) in [7, 11) is 0. The van der Waals surface area contributed by atoms with Gasteiger partial charge in [-0.05, 0) is 44.7 Å². The quantitative estimate of drug-likeness (QED) is 0.724. The second-order valence-corrected chi connectivity index (χ2v) is 8.45. The molecule has 0 radical (unpaired) electrons. The van der Waals surface area contributed by atoms with E-state index in [1.807, 2.05) is 49.4 Å². The number of aryl methyl sites for hydroxylation is 1. The van der Waals surface area contributed by atoms with Crippen LogP contribution in [0.4, 0.5) is 0 Å². The van der Waals surface area contributed by atoms with E-state index in [4.69, 9.17) is 4.74 Å². The Hall–Kier alpha value is -3.15. The summed E-state index contributed by atoms with van der Waals surface area (Å²) in [6.45, 7) is 1.76. The first-order valence-electron chi connectivity index (χ1n) is 10.6. The van der Waals surface area contributed by atoms with E-state index in [0.717, 1.165) is 54.5 Å². The minimum atomic E-state index is -0.244. The van der Waals surface area contributed by atoms with Crippen LogP contribution in [0.2, 0.25) is 0 Å². The molecule has 30 heavy (non-hydrogen) atoms. The Labute approximate surface area is 174 Å². The molecule has 1 fully saturated rings. The van der Waals surface area contributed by atoms with Crippen LogP contribution in [-0.4, -0.2) is 21.3 Å². The molecule has 6 heteroatoms. The maximum absolute atomic E-state index is 12.9. The molecule has 1 N–H and O–H groups in total. The number of hydrogen-bond donors (Lipinski definition) is 1. The molecule has 2 heterocycles. The Bertz CT molecular complexity index is 1180. The molecular formula is C24H25N3O3. The molecule has 1 amide bonds. The molecule has 1 aliphatic carbocycles. The maximum Gasteiger partial charge on any atom is 0.275 e. The monoisotopic (exact) mass is 403 g/mol. The summed E-state index contributed by atoms with van der Waals surface area (Å²) >= 11 is 0. The minimum Gasteiger partial charge on any atom is -0.487 e. The lowest BCUT2D eigenvalue weighted by Crippen LogP contribution is -2.44. The second kappa shape index (κ2) is 7.27. The van der Waals surface area contributed by atoms with Gasteiger partial charge in [-0.15, -0.1) is 0 Å². The first-order valence-corrected chi connectivity index (χ1v) is 10.6. The van der Waals surface area contributed by atoms with Crippen molar-refractivity contribution in [1.29, 1.82) is 0 Å². The predicted molar refractivity (Wildman–Crippen MR) is 115 cm³/mol. The smallest absolute Gasteiger partial charge is 0.275 e. The average molecular weight is 403 g/mol. The molecule has 1 spiro atoms. The third-order valence-electron chi connectivity index (χ3n) is 6.39. The number of carbonyl (C=O) groups is 1. The molecule has 1 saturated carbocycles. The van der Waals surface area contributed by atoms with Gasteiger partial charge in [0, 0.05) is 17.4 Å². The summed E-state index contributed by atoms with van der Waals surface area (Å²) in [6.07, 6.45) is 5.09. The van der Waals surface area contributed by atoms with Gasteiger partial charge in [-0.2, -0.15) is 5.10 Å². The lowest BCUT2D eigenvalue weighted by molar-refractivity contribution is -0.123. The number of rotatable bonds is 3.